The average Bonchev–Trinajstić information content (AvgIpc) is 2.84. The van der Waals surface area contributed by atoms with Crippen LogP contribution < -0.4 is 0 Å². The van der Waals surface area contributed by atoms with Gasteiger partial charge in [0, 0.05) is 29.5 Å². The molecule has 3 fully saturated rings. The van der Waals surface area contributed by atoms with Gasteiger partial charge in [0.25, 0.3) is 0 Å². The van der Waals surface area contributed by atoms with E-state index in [1.54, 1.807) is 0 Å². The summed E-state index contributed by atoms with van der Waals surface area (Å²) in [6.07, 6.45) is 5.66. The first-order valence-electron chi connectivity index (χ1n) is 10.5. The number of hydrogen-bond donors (Lipinski definition) is 0. The zero-order valence-corrected chi connectivity index (χ0v) is 18.6. The van der Waals surface area contributed by atoms with Crippen LogP contribution >= 0.6 is 15.9 Å². The molecule has 2 aliphatic heterocycles. The molecule has 2 unspecified atom stereocenters. The van der Waals surface area contributed by atoms with E-state index in [1.165, 1.54) is 24.8 Å². The van der Waals surface area contributed by atoms with E-state index in [4.69, 9.17) is 0 Å². The summed E-state index contributed by atoms with van der Waals surface area (Å²) in [6, 6.07) is 9.04. The Morgan fingerprint density at radius 2 is 1.93 bits per heavy atom. The highest BCUT2D eigenvalue weighted by Crippen LogP contribution is 2.52. The lowest BCUT2D eigenvalue weighted by Crippen LogP contribution is -2.44. The van der Waals surface area contributed by atoms with Crippen molar-refractivity contribution in [3.05, 3.63) is 34.3 Å². The van der Waals surface area contributed by atoms with Gasteiger partial charge in [-0.05, 0) is 73.7 Å². The number of fused-ring (bicyclic) bond motifs is 2. The Kier molecular flexibility index (Phi) is 5.17. The van der Waals surface area contributed by atoms with Crippen LogP contribution in [0.15, 0.2) is 28.7 Å². The number of carbonyl (C=O) groups is 1. The third-order valence-electron chi connectivity index (χ3n) is 6.93. The van der Waals surface area contributed by atoms with E-state index >= 15 is 0 Å². The van der Waals surface area contributed by atoms with Gasteiger partial charge in [0.15, 0.2) is 0 Å². The minimum Gasteiger partial charge on any atom is -0.339 e. The summed E-state index contributed by atoms with van der Waals surface area (Å²) in [5, 5.41) is 0. The van der Waals surface area contributed by atoms with E-state index < -0.39 is 0 Å². The van der Waals surface area contributed by atoms with Gasteiger partial charge in [-0.25, -0.2) is 0 Å². The van der Waals surface area contributed by atoms with Gasteiger partial charge in [-0.2, -0.15) is 0 Å². The molecular formula is C23H33BrN2O. The molecule has 2 heterocycles. The maximum Gasteiger partial charge on any atom is 0.226 e. The summed E-state index contributed by atoms with van der Waals surface area (Å²) >= 11 is 3.56. The smallest absolute Gasteiger partial charge is 0.226 e. The fourth-order valence-corrected chi connectivity index (χ4v) is 6.63. The maximum absolute atomic E-state index is 13.3. The van der Waals surface area contributed by atoms with Crippen LogP contribution in [-0.2, 0) is 11.3 Å². The Balaban J connectivity index is 1.34. The first-order chi connectivity index (χ1) is 12.7. The van der Waals surface area contributed by atoms with Crippen molar-refractivity contribution < 1.29 is 4.79 Å². The second-order valence-corrected chi connectivity index (χ2v) is 11.3. The molecule has 3 aliphatic rings. The Morgan fingerprint density at radius 3 is 2.63 bits per heavy atom. The third kappa shape index (κ3) is 4.27. The molecule has 2 atom stereocenters. The van der Waals surface area contributed by atoms with Gasteiger partial charge in [0.2, 0.25) is 5.91 Å². The third-order valence-corrected chi connectivity index (χ3v) is 7.42. The Bertz CT molecular complexity index is 710. The Hall–Kier alpha value is -0.870. The van der Waals surface area contributed by atoms with Crippen LogP contribution in [0.1, 0.15) is 58.4 Å². The number of piperidine rings is 1. The number of halogens is 1. The van der Waals surface area contributed by atoms with E-state index in [1.807, 2.05) is 0 Å². The molecule has 1 aromatic carbocycles. The van der Waals surface area contributed by atoms with Gasteiger partial charge in [-0.1, -0.05) is 48.8 Å². The quantitative estimate of drug-likeness (QED) is 0.663. The van der Waals surface area contributed by atoms with Crippen molar-refractivity contribution in [2.24, 2.45) is 16.7 Å². The van der Waals surface area contributed by atoms with Gasteiger partial charge in [0.05, 0.1) is 0 Å². The molecule has 2 bridgehead atoms. The average molecular weight is 433 g/mol. The standard InChI is InChI=1S/C23H33BrN2O/c1-22(2)12-20-13-23(3,15-22)16-26(20)21(27)18-7-9-25(10-8-18)14-17-5-4-6-19(24)11-17/h4-6,11,18,20H,7-10,12-16H2,1-3H3. The lowest BCUT2D eigenvalue weighted by atomic mass is 9.65. The molecule has 2 saturated heterocycles. The lowest BCUT2D eigenvalue weighted by Gasteiger charge is -2.40. The van der Waals surface area contributed by atoms with Crippen LogP contribution in [0.3, 0.4) is 0 Å². The van der Waals surface area contributed by atoms with Gasteiger partial charge in [0.1, 0.15) is 0 Å². The minimum absolute atomic E-state index is 0.231. The van der Waals surface area contributed by atoms with Crippen molar-refractivity contribution in [1.29, 1.82) is 0 Å². The molecule has 4 heteroatoms. The molecule has 148 valence electrons. The van der Waals surface area contributed by atoms with Crippen molar-refractivity contribution >= 4 is 21.8 Å². The van der Waals surface area contributed by atoms with Crippen LogP contribution in [-0.4, -0.2) is 41.4 Å². The number of carbonyl (C=O) groups excluding carboxylic acids is 1. The predicted molar refractivity (Wildman–Crippen MR) is 113 cm³/mol. The minimum atomic E-state index is 0.231. The predicted octanol–water partition coefficient (Wildman–Crippen LogP) is 5.09. The topological polar surface area (TPSA) is 23.6 Å². The number of benzene rings is 1. The van der Waals surface area contributed by atoms with Gasteiger partial charge in [-0.3, -0.25) is 9.69 Å². The monoisotopic (exact) mass is 432 g/mol. The number of amides is 1. The molecule has 0 spiro atoms. The number of likely N-dealkylation sites (tertiary alicyclic amines) is 2. The largest absolute Gasteiger partial charge is 0.339 e. The van der Waals surface area contributed by atoms with Gasteiger partial charge < -0.3 is 4.90 Å². The molecule has 0 aromatic heterocycles. The van der Waals surface area contributed by atoms with Crippen molar-refractivity contribution in [2.75, 3.05) is 19.6 Å². The Labute approximate surface area is 172 Å². The van der Waals surface area contributed by atoms with Gasteiger partial charge in [-0.15, -0.1) is 0 Å². The molecule has 4 rings (SSSR count). The first-order valence-corrected chi connectivity index (χ1v) is 11.3. The highest BCUT2D eigenvalue weighted by Gasteiger charge is 2.51. The lowest BCUT2D eigenvalue weighted by molar-refractivity contribution is -0.138. The second kappa shape index (κ2) is 7.18. The van der Waals surface area contributed by atoms with E-state index in [-0.39, 0.29) is 5.92 Å². The van der Waals surface area contributed by atoms with Crippen molar-refractivity contribution in [1.82, 2.24) is 9.80 Å². The van der Waals surface area contributed by atoms with Crippen LogP contribution in [0.2, 0.25) is 0 Å². The molecule has 0 N–H and O–H groups in total. The van der Waals surface area contributed by atoms with E-state index in [2.05, 4.69) is 70.8 Å². The summed E-state index contributed by atoms with van der Waals surface area (Å²) in [5.74, 6) is 0.679. The summed E-state index contributed by atoms with van der Waals surface area (Å²) in [7, 11) is 0. The molecule has 1 amide bonds. The summed E-state index contributed by atoms with van der Waals surface area (Å²) in [4.78, 5) is 18.1. The molecule has 1 aliphatic carbocycles. The molecule has 27 heavy (non-hydrogen) atoms. The van der Waals surface area contributed by atoms with Crippen molar-refractivity contribution in [3.8, 4) is 0 Å². The summed E-state index contributed by atoms with van der Waals surface area (Å²) in [6.45, 7) is 11.2. The summed E-state index contributed by atoms with van der Waals surface area (Å²) < 4.78 is 1.14. The van der Waals surface area contributed by atoms with Gasteiger partial charge >= 0.3 is 0 Å². The van der Waals surface area contributed by atoms with Crippen LogP contribution in [0.5, 0.6) is 0 Å². The Morgan fingerprint density at radius 1 is 1.19 bits per heavy atom. The highest BCUT2D eigenvalue weighted by molar-refractivity contribution is 9.10. The first kappa shape index (κ1) is 19.4. The van der Waals surface area contributed by atoms with Crippen LogP contribution in [0.25, 0.3) is 0 Å². The molecule has 1 aromatic rings. The van der Waals surface area contributed by atoms with Crippen LogP contribution in [0.4, 0.5) is 0 Å². The zero-order chi connectivity index (χ0) is 19.2. The van der Waals surface area contributed by atoms with E-state index in [0.29, 0.717) is 22.8 Å². The molecular weight excluding hydrogens is 400 g/mol. The maximum atomic E-state index is 13.3. The number of rotatable bonds is 3. The molecule has 3 nitrogen and oxygen atoms in total. The molecule has 1 saturated carbocycles. The van der Waals surface area contributed by atoms with E-state index in [0.717, 1.165) is 43.5 Å². The van der Waals surface area contributed by atoms with Crippen molar-refractivity contribution in [2.45, 2.75) is 65.5 Å². The summed E-state index contributed by atoms with van der Waals surface area (Å²) in [5.41, 5.74) is 2.06. The molecule has 0 radical (unpaired) electrons. The normalized spacial score (nSPS) is 31.3. The number of nitrogens with zero attached hydrogens (tertiary/aromatic N) is 2. The number of hydrogen-bond acceptors (Lipinski definition) is 2. The highest BCUT2D eigenvalue weighted by atomic mass is 79.9. The van der Waals surface area contributed by atoms with E-state index in [9.17, 15) is 4.79 Å². The second-order valence-electron chi connectivity index (χ2n) is 10.4. The zero-order valence-electron chi connectivity index (χ0n) is 17.0. The fraction of sp³-hybridized carbons (Fsp3) is 0.696. The van der Waals surface area contributed by atoms with Crippen molar-refractivity contribution in [3.63, 3.8) is 0 Å². The SMILES string of the molecule is CC1(C)CC2CC(C)(CN2C(=O)C2CCN(Cc3cccc(Br)c3)CC2)C1. The fourth-order valence-electron chi connectivity index (χ4n) is 6.18. The van der Waals surface area contributed by atoms with Crippen LogP contribution in [0, 0.1) is 16.7 Å².